The van der Waals surface area contributed by atoms with Crippen molar-refractivity contribution in [3.8, 4) is 16.3 Å². The van der Waals surface area contributed by atoms with Gasteiger partial charge in [0.1, 0.15) is 5.69 Å². The molecule has 1 fully saturated rings. The van der Waals surface area contributed by atoms with E-state index in [9.17, 15) is 14.4 Å². The van der Waals surface area contributed by atoms with Gasteiger partial charge < -0.3 is 5.11 Å². The first-order valence-corrected chi connectivity index (χ1v) is 10.4. The summed E-state index contributed by atoms with van der Waals surface area (Å²) in [5.41, 5.74) is 2.29. The maximum Gasteiger partial charge on any atom is 0.305 e. The van der Waals surface area contributed by atoms with Crippen LogP contribution >= 0.6 is 23.1 Å². The predicted molar refractivity (Wildman–Crippen MR) is 112 cm³/mol. The van der Waals surface area contributed by atoms with E-state index >= 15 is 0 Å². The number of hydrogen-bond donors (Lipinski definition) is 1. The lowest BCUT2D eigenvalue weighted by Gasteiger charge is -2.09. The summed E-state index contributed by atoms with van der Waals surface area (Å²) < 4.78 is 1.73. The fourth-order valence-corrected chi connectivity index (χ4v) is 4.44. The highest BCUT2D eigenvalue weighted by molar-refractivity contribution is 8.18. The number of aromatic nitrogens is 2. The molecule has 7 nitrogen and oxygen atoms in total. The van der Waals surface area contributed by atoms with Crippen LogP contribution in [0.4, 0.5) is 4.79 Å². The molecule has 0 spiro atoms. The van der Waals surface area contributed by atoms with Crippen LogP contribution in [0.15, 0.2) is 58.9 Å². The number of thiophene rings is 1. The van der Waals surface area contributed by atoms with Crippen LogP contribution in [0.3, 0.4) is 0 Å². The van der Waals surface area contributed by atoms with Crippen molar-refractivity contribution < 1.29 is 19.5 Å². The minimum absolute atomic E-state index is 0.140. The van der Waals surface area contributed by atoms with Gasteiger partial charge in [0, 0.05) is 18.3 Å². The third-order valence-electron chi connectivity index (χ3n) is 4.23. The smallest absolute Gasteiger partial charge is 0.305 e. The van der Waals surface area contributed by atoms with Crippen molar-refractivity contribution in [1.29, 1.82) is 0 Å². The van der Waals surface area contributed by atoms with Gasteiger partial charge in [0.25, 0.3) is 11.1 Å². The Morgan fingerprint density at radius 1 is 1.14 bits per heavy atom. The zero-order valence-corrected chi connectivity index (χ0v) is 16.7. The van der Waals surface area contributed by atoms with Crippen LogP contribution in [-0.4, -0.2) is 43.4 Å². The molecule has 1 aliphatic rings. The van der Waals surface area contributed by atoms with Gasteiger partial charge in [-0.25, -0.2) is 4.68 Å². The molecule has 29 heavy (non-hydrogen) atoms. The molecule has 0 bridgehead atoms. The molecule has 0 atom stereocenters. The van der Waals surface area contributed by atoms with Gasteiger partial charge in [-0.2, -0.15) is 5.10 Å². The van der Waals surface area contributed by atoms with E-state index in [4.69, 9.17) is 5.11 Å². The van der Waals surface area contributed by atoms with Gasteiger partial charge in [0.15, 0.2) is 0 Å². The largest absolute Gasteiger partial charge is 0.481 e. The summed E-state index contributed by atoms with van der Waals surface area (Å²) in [6, 6.07) is 13.5. The quantitative estimate of drug-likeness (QED) is 0.598. The molecular formula is C20H15N3O4S2. The van der Waals surface area contributed by atoms with Crippen molar-refractivity contribution >= 4 is 46.3 Å². The lowest BCUT2D eigenvalue weighted by molar-refractivity contribution is -0.137. The lowest BCUT2D eigenvalue weighted by atomic mass is 10.2. The highest BCUT2D eigenvalue weighted by atomic mass is 32.2. The number of imide groups is 1. The molecule has 4 rings (SSSR count). The Bertz CT molecular complexity index is 1100. The van der Waals surface area contributed by atoms with E-state index < -0.39 is 17.1 Å². The van der Waals surface area contributed by atoms with Crippen molar-refractivity contribution in [3.63, 3.8) is 0 Å². The zero-order valence-electron chi connectivity index (χ0n) is 15.0. The number of rotatable bonds is 6. The molecule has 1 saturated heterocycles. The topological polar surface area (TPSA) is 92.5 Å². The Hall–Kier alpha value is -3.17. The number of carbonyl (C=O) groups excluding carboxylic acids is 2. The fourth-order valence-electron chi connectivity index (χ4n) is 2.85. The molecule has 2 amide bonds. The Balaban J connectivity index is 1.71. The van der Waals surface area contributed by atoms with Gasteiger partial charge in [0.2, 0.25) is 0 Å². The van der Waals surface area contributed by atoms with Gasteiger partial charge >= 0.3 is 5.97 Å². The van der Waals surface area contributed by atoms with Gasteiger partial charge in [0.05, 0.1) is 21.9 Å². The molecule has 0 radical (unpaired) electrons. The van der Waals surface area contributed by atoms with E-state index in [0.29, 0.717) is 11.3 Å². The number of carboxylic acids is 1. The molecule has 1 aromatic carbocycles. The molecular weight excluding hydrogens is 410 g/mol. The van der Waals surface area contributed by atoms with Gasteiger partial charge in [-0.05, 0) is 41.4 Å². The number of carbonyl (C=O) groups is 3. The lowest BCUT2D eigenvalue weighted by Crippen LogP contribution is -2.30. The van der Waals surface area contributed by atoms with Crippen molar-refractivity contribution in [3.05, 3.63) is 64.5 Å². The first-order chi connectivity index (χ1) is 14.0. The molecule has 9 heteroatoms. The second-order valence-corrected chi connectivity index (χ2v) is 8.11. The number of carboxylic acid groups (broad SMARTS) is 1. The van der Waals surface area contributed by atoms with Crippen LogP contribution in [0.2, 0.25) is 0 Å². The molecule has 0 unspecified atom stereocenters. The number of amides is 2. The van der Waals surface area contributed by atoms with Crippen LogP contribution in [0.1, 0.15) is 12.0 Å². The van der Waals surface area contributed by atoms with E-state index in [1.165, 1.54) is 11.3 Å². The van der Waals surface area contributed by atoms with E-state index in [0.717, 1.165) is 27.2 Å². The van der Waals surface area contributed by atoms with Crippen molar-refractivity contribution in [2.24, 2.45) is 0 Å². The summed E-state index contributed by atoms with van der Waals surface area (Å²) >= 11 is 2.34. The monoisotopic (exact) mass is 425 g/mol. The Kier molecular flexibility index (Phi) is 5.32. The van der Waals surface area contributed by atoms with E-state index in [2.05, 4.69) is 5.10 Å². The summed E-state index contributed by atoms with van der Waals surface area (Å²) in [6.45, 7) is -0.140. The molecule has 3 aromatic rings. The van der Waals surface area contributed by atoms with Crippen LogP contribution < -0.4 is 0 Å². The second kappa shape index (κ2) is 8.06. The van der Waals surface area contributed by atoms with Gasteiger partial charge in [-0.3, -0.25) is 19.3 Å². The Morgan fingerprint density at radius 3 is 2.62 bits per heavy atom. The summed E-state index contributed by atoms with van der Waals surface area (Å²) in [6.07, 6.45) is 3.18. The average molecular weight is 425 g/mol. The maximum absolute atomic E-state index is 12.6. The molecule has 3 heterocycles. The van der Waals surface area contributed by atoms with Crippen LogP contribution in [0.5, 0.6) is 0 Å². The summed E-state index contributed by atoms with van der Waals surface area (Å²) in [5, 5.41) is 15.0. The van der Waals surface area contributed by atoms with Gasteiger partial charge in [-0.1, -0.05) is 24.3 Å². The normalized spacial score (nSPS) is 15.4. The number of benzene rings is 1. The molecule has 1 N–H and O–H groups in total. The van der Waals surface area contributed by atoms with Crippen molar-refractivity contribution in [1.82, 2.24) is 14.7 Å². The summed E-state index contributed by atoms with van der Waals surface area (Å²) in [7, 11) is 0. The van der Waals surface area contributed by atoms with Gasteiger partial charge in [-0.15, -0.1) is 11.3 Å². The number of nitrogens with zero attached hydrogens (tertiary/aromatic N) is 3. The number of hydrogen-bond acceptors (Lipinski definition) is 6. The number of thioether (sulfide) groups is 1. The minimum atomic E-state index is -1.06. The highest BCUT2D eigenvalue weighted by Crippen LogP contribution is 2.35. The molecule has 2 aromatic heterocycles. The summed E-state index contributed by atoms with van der Waals surface area (Å²) in [5.74, 6) is -1.54. The maximum atomic E-state index is 12.6. The number of para-hydroxylation sites is 1. The molecule has 0 saturated carbocycles. The van der Waals surface area contributed by atoms with E-state index in [-0.39, 0.29) is 17.9 Å². The van der Waals surface area contributed by atoms with Crippen LogP contribution in [0.25, 0.3) is 22.3 Å². The van der Waals surface area contributed by atoms with E-state index in [1.54, 1.807) is 10.8 Å². The molecule has 1 aliphatic heterocycles. The van der Waals surface area contributed by atoms with Crippen molar-refractivity contribution in [2.75, 3.05) is 6.54 Å². The fraction of sp³-hybridized carbons (Fsp3) is 0.100. The SMILES string of the molecule is O=C(O)CCN1C(=O)SC(=Cc2cn(-c3ccccc3)nc2-c2cccs2)C1=O. The second-order valence-electron chi connectivity index (χ2n) is 6.17. The predicted octanol–water partition coefficient (Wildman–Crippen LogP) is 4.11. The average Bonchev–Trinajstić information content (AvgIpc) is 3.42. The van der Waals surface area contributed by atoms with E-state index in [1.807, 2.05) is 54.0 Å². The minimum Gasteiger partial charge on any atom is -0.481 e. The summed E-state index contributed by atoms with van der Waals surface area (Å²) in [4.78, 5) is 37.7. The third-order valence-corrected chi connectivity index (χ3v) is 6.01. The number of aliphatic carboxylic acids is 1. The third kappa shape index (κ3) is 4.01. The van der Waals surface area contributed by atoms with Crippen molar-refractivity contribution in [2.45, 2.75) is 6.42 Å². The van der Waals surface area contributed by atoms with Crippen LogP contribution in [-0.2, 0) is 9.59 Å². The zero-order chi connectivity index (χ0) is 20.4. The highest BCUT2D eigenvalue weighted by Gasteiger charge is 2.35. The molecule has 146 valence electrons. The first-order valence-electron chi connectivity index (χ1n) is 8.69. The Morgan fingerprint density at radius 2 is 1.93 bits per heavy atom. The standard InChI is InChI=1S/C20H15N3O4S2/c24-17(25)8-9-22-19(26)16(29-20(22)27)11-13-12-23(14-5-2-1-3-6-14)21-18(13)15-7-4-10-28-15/h1-7,10-12H,8-9H2,(H,24,25). The molecule has 0 aliphatic carbocycles. The first kappa shape index (κ1) is 19.2. The van der Waals surface area contributed by atoms with Crippen LogP contribution in [0, 0.1) is 0 Å². The Labute approximate surface area is 174 Å².